The molecule has 40 heavy (non-hydrogen) atoms. The molecule has 1 aliphatic rings. The van der Waals surface area contributed by atoms with Crippen molar-refractivity contribution in [3.63, 3.8) is 0 Å². The van der Waals surface area contributed by atoms with Crippen LogP contribution in [0.5, 0.6) is 0 Å². The molecule has 0 amide bonds. The second kappa shape index (κ2) is 10.0. The van der Waals surface area contributed by atoms with Gasteiger partial charge < -0.3 is 15.2 Å². The molecule has 9 nitrogen and oxygen atoms in total. The zero-order valence-electron chi connectivity index (χ0n) is 22.0. The first-order valence-corrected chi connectivity index (χ1v) is 12.7. The zero-order chi connectivity index (χ0) is 28.8. The zero-order valence-corrected chi connectivity index (χ0v) is 22.0. The number of nitrogens with zero attached hydrogens (tertiary/aromatic N) is 4. The maximum atomic E-state index is 15.2. The summed E-state index contributed by atoms with van der Waals surface area (Å²) in [7, 11) is 0. The van der Waals surface area contributed by atoms with Crippen molar-refractivity contribution in [3.05, 3.63) is 74.4 Å². The molecule has 0 spiro atoms. The molecular weight excluding hydrogens is 530 g/mol. The smallest absolute Gasteiger partial charge is 0.381 e. The predicted molar refractivity (Wildman–Crippen MR) is 143 cm³/mol. The summed E-state index contributed by atoms with van der Waals surface area (Å²) >= 11 is 0. The van der Waals surface area contributed by atoms with Gasteiger partial charge in [0.15, 0.2) is 5.82 Å². The fourth-order valence-corrected chi connectivity index (χ4v) is 4.89. The van der Waals surface area contributed by atoms with Crippen LogP contribution in [0.25, 0.3) is 22.2 Å². The highest BCUT2D eigenvalue weighted by Gasteiger charge is 2.37. The quantitative estimate of drug-likeness (QED) is 0.283. The van der Waals surface area contributed by atoms with Crippen molar-refractivity contribution in [3.8, 4) is 11.4 Å². The Bertz CT molecular complexity index is 1710. The summed E-state index contributed by atoms with van der Waals surface area (Å²) < 4.78 is 56.4. The van der Waals surface area contributed by atoms with Gasteiger partial charge in [0, 0.05) is 42.5 Å². The van der Waals surface area contributed by atoms with Crippen molar-refractivity contribution >= 4 is 22.3 Å². The number of hydrogen-bond acceptors (Lipinski definition) is 7. The largest absolute Gasteiger partial charge is 0.423 e. The number of H-pyrrole nitrogens is 1. The van der Waals surface area contributed by atoms with Crippen LogP contribution in [-0.2, 0) is 18.1 Å². The Morgan fingerprint density at radius 3 is 2.73 bits per heavy atom. The number of benzene rings is 1. The van der Waals surface area contributed by atoms with Crippen LogP contribution in [0.15, 0.2) is 46.4 Å². The summed E-state index contributed by atoms with van der Waals surface area (Å²) in [4.78, 5) is 33.6. The van der Waals surface area contributed by atoms with E-state index < -0.39 is 34.8 Å². The van der Waals surface area contributed by atoms with Gasteiger partial charge in [-0.1, -0.05) is 13.8 Å². The normalized spacial score (nSPS) is 15.1. The van der Waals surface area contributed by atoms with Crippen molar-refractivity contribution < 1.29 is 17.6 Å². The number of fused-ring (bicyclic) bond motifs is 2. The van der Waals surface area contributed by atoms with E-state index in [0.29, 0.717) is 30.6 Å². The number of aromatic amines is 1. The second-order valence-electron chi connectivity index (χ2n) is 10.6. The summed E-state index contributed by atoms with van der Waals surface area (Å²) in [5.74, 6) is 0.265. The highest BCUT2D eigenvalue weighted by atomic mass is 19.4. The van der Waals surface area contributed by atoms with Crippen molar-refractivity contribution in [2.24, 2.45) is 0 Å². The molecule has 0 radical (unpaired) electrons. The monoisotopic (exact) mass is 557 g/mol. The van der Waals surface area contributed by atoms with Crippen LogP contribution < -0.4 is 21.8 Å². The highest BCUT2D eigenvalue weighted by Crippen LogP contribution is 2.36. The first-order chi connectivity index (χ1) is 18.8. The minimum Gasteiger partial charge on any atom is -0.381 e. The molecule has 1 atom stereocenters. The van der Waals surface area contributed by atoms with Crippen molar-refractivity contribution in [1.29, 1.82) is 0 Å². The summed E-state index contributed by atoms with van der Waals surface area (Å²) in [5, 5.41) is 11.9. The SMILES string of the molecule is CC(CCCn1ccc2cc(-c3ncc4c(n3)NCC4(C)C)c(F)cc2c1=O)Nc1cn[nH]c(=O)c1C(F)(F)F. The average Bonchev–Trinajstić information content (AvgIpc) is 3.18. The minimum atomic E-state index is -4.84. The number of rotatable bonds is 7. The number of hydrogen-bond donors (Lipinski definition) is 3. The number of anilines is 2. The summed E-state index contributed by atoms with van der Waals surface area (Å²) in [6.07, 6.45) is 0.202. The van der Waals surface area contributed by atoms with E-state index in [4.69, 9.17) is 0 Å². The van der Waals surface area contributed by atoms with E-state index in [-0.39, 0.29) is 34.3 Å². The van der Waals surface area contributed by atoms with Gasteiger partial charge in [-0.25, -0.2) is 19.5 Å². The van der Waals surface area contributed by atoms with Gasteiger partial charge in [-0.15, -0.1) is 0 Å². The van der Waals surface area contributed by atoms with Crippen LogP contribution in [0.3, 0.4) is 0 Å². The van der Waals surface area contributed by atoms with Gasteiger partial charge in [-0.05, 0) is 43.4 Å². The minimum absolute atomic E-state index is 0.126. The molecule has 0 fully saturated rings. The highest BCUT2D eigenvalue weighted by molar-refractivity contribution is 5.86. The number of aromatic nitrogens is 5. The van der Waals surface area contributed by atoms with Crippen LogP contribution in [0.1, 0.15) is 44.7 Å². The van der Waals surface area contributed by atoms with Gasteiger partial charge in [0.25, 0.3) is 11.1 Å². The van der Waals surface area contributed by atoms with E-state index in [9.17, 15) is 22.8 Å². The van der Waals surface area contributed by atoms with Gasteiger partial charge in [0.1, 0.15) is 17.2 Å². The van der Waals surface area contributed by atoms with Gasteiger partial charge in [-0.3, -0.25) is 9.59 Å². The Morgan fingerprint density at radius 1 is 1.20 bits per heavy atom. The Morgan fingerprint density at radius 2 is 1.98 bits per heavy atom. The van der Waals surface area contributed by atoms with Gasteiger partial charge in [0.05, 0.1) is 22.8 Å². The standard InChI is InChI=1S/C27H27F4N7O2/c1-14(35-20-12-34-37-24(39)21(20)27(29,30)31)5-4-7-38-8-6-15-9-17(19(28)10-16(15)25(38)40)22-32-11-18-23(36-22)33-13-26(18,2)3/h6,8-12,14H,4-5,7,13H2,1-3H3,(H,32,33,36)(H2,35,37,39). The van der Waals surface area contributed by atoms with Gasteiger partial charge in [0.2, 0.25) is 0 Å². The molecule has 1 unspecified atom stereocenters. The predicted octanol–water partition coefficient (Wildman–Crippen LogP) is 4.68. The molecule has 0 aliphatic carbocycles. The average molecular weight is 558 g/mol. The van der Waals surface area contributed by atoms with E-state index >= 15 is 4.39 Å². The lowest BCUT2D eigenvalue weighted by atomic mass is 9.89. The van der Waals surface area contributed by atoms with Crippen molar-refractivity contribution in [2.45, 2.75) is 57.8 Å². The third kappa shape index (κ3) is 5.15. The van der Waals surface area contributed by atoms with Gasteiger partial charge in [-0.2, -0.15) is 18.3 Å². The first-order valence-electron chi connectivity index (χ1n) is 12.7. The molecule has 13 heteroatoms. The van der Waals surface area contributed by atoms with E-state index in [1.54, 1.807) is 36.5 Å². The second-order valence-corrected chi connectivity index (χ2v) is 10.6. The van der Waals surface area contributed by atoms with Crippen LogP contribution >= 0.6 is 0 Å². The Balaban J connectivity index is 1.30. The number of aryl methyl sites for hydroxylation is 1. The molecule has 1 aliphatic heterocycles. The number of halogens is 4. The lowest BCUT2D eigenvalue weighted by Gasteiger charge is -2.18. The molecule has 3 N–H and O–H groups in total. The number of alkyl halides is 3. The van der Waals surface area contributed by atoms with Crippen LogP contribution in [0.2, 0.25) is 0 Å². The van der Waals surface area contributed by atoms with Crippen LogP contribution in [-0.4, -0.2) is 37.3 Å². The summed E-state index contributed by atoms with van der Waals surface area (Å²) in [6.45, 7) is 6.77. The van der Waals surface area contributed by atoms with E-state index in [1.807, 2.05) is 0 Å². The maximum absolute atomic E-state index is 15.2. The Kier molecular flexibility index (Phi) is 6.84. The third-order valence-electron chi connectivity index (χ3n) is 7.10. The van der Waals surface area contributed by atoms with Crippen molar-refractivity contribution in [2.75, 3.05) is 17.2 Å². The molecule has 4 aromatic rings. The third-order valence-corrected chi connectivity index (χ3v) is 7.10. The lowest BCUT2D eigenvalue weighted by Crippen LogP contribution is -2.27. The van der Waals surface area contributed by atoms with E-state index in [0.717, 1.165) is 11.8 Å². The molecule has 0 bridgehead atoms. The Hall–Kier alpha value is -4.29. The molecule has 4 heterocycles. The van der Waals surface area contributed by atoms with Gasteiger partial charge >= 0.3 is 6.18 Å². The molecule has 0 saturated carbocycles. The fourth-order valence-electron chi connectivity index (χ4n) is 4.89. The molecule has 0 saturated heterocycles. The van der Waals surface area contributed by atoms with Crippen LogP contribution in [0, 0.1) is 5.82 Å². The maximum Gasteiger partial charge on any atom is 0.423 e. The van der Waals surface area contributed by atoms with E-state index in [1.165, 1.54) is 10.6 Å². The Labute approximate surface area is 225 Å². The molecule has 1 aromatic carbocycles. The molecular formula is C27H27F4N7O2. The van der Waals surface area contributed by atoms with Crippen molar-refractivity contribution in [1.82, 2.24) is 24.7 Å². The number of nitrogens with one attached hydrogen (secondary N) is 3. The molecule has 3 aromatic heterocycles. The molecule has 210 valence electrons. The summed E-state index contributed by atoms with van der Waals surface area (Å²) in [6, 6.07) is 3.99. The number of pyridine rings is 1. The summed E-state index contributed by atoms with van der Waals surface area (Å²) in [5.41, 5.74) is -2.45. The van der Waals surface area contributed by atoms with E-state index in [2.05, 4.69) is 39.5 Å². The van der Waals surface area contributed by atoms with Crippen LogP contribution in [0.4, 0.5) is 29.1 Å². The molecule has 5 rings (SSSR count). The topological polar surface area (TPSA) is 118 Å². The lowest BCUT2D eigenvalue weighted by molar-refractivity contribution is -0.138. The fraction of sp³-hybridized carbons (Fsp3) is 0.370. The first kappa shape index (κ1) is 27.3.